The van der Waals surface area contributed by atoms with E-state index in [2.05, 4.69) is 63.6 Å². The van der Waals surface area contributed by atoms with Gasteiger partial charge in [0.25, 0.3) is 0 Å². The largest absolute Gasteiger partial charge is 0.385 e. The maximum atomic E-state index is 3.57. The van der Waals surface area contributed by atoms with Crippen LogP contribution in [0.5, 0.6) is 0 Å². The Bertz CT molecular complexity index is 395. The molecule has 1 aliphatic heterocycles. The summed E-state index contributed by atoms with van der Waals surface area (Å²) in [5, 5.41) is 7.05. The number of likely N-dealkylation sites (N-methyl/N-ethyl adjacent to an activating group) is 1. The van der Waals surface area contributed by atoms with Crippen LogP contribution in [0.4, 0.5) is 5.69 Å². The molecule has 4 heteroatoms. The number of hydrogen-bond acceptors (Lipinski definition) is 3. The number of benzene rings is 1. The van der Waals surface area contributed by atoms with Gasteiger partial charge in [-0.15, -0.1) is 0 Å². The van der Waals surface area contributed by atoms with Crippen LogP contribution in [0, 0.1) is 6.92 Å². The number of hydrogen-bond donors (Lipinski definition) is 2. The molecule has 1 aliphatic rings. The SMILES string of the molecule is Cc1ccc(NCCC2CN(C)CCN2)cc1Br. The lowest BCUT2D eigenvalue weighted by Crippen LogP contribution is -2.49. The molecule has 1 unspecified atom stereocenters. The molecule has 2 N–H and O–H groups in total. The first-order valence-corrected chi connectivity index (χ1v) is 7.36. The highest BCUT2D eigenvalue weighted by molar-refractivity contribution is 9.10. The Hall–Kier alpha value is -0.580. The van der Waals surface area contributed by atoms with Crippen molar-refractivity contribution in [1.29, 1.82) is 0 Å². The van der Waals surface area contributed by atoms with Crippen molar-refractivity contribution in [2.24, 2.45) is 0 Å². The zero-order valence-corrected chi connectivity index (χ0v) is 12.8. The van der Waals surface area contributed by atoms with Gasteiger partial charge in [0.05, 0.1) is 0 Å². The monoisotopic (exact) mass is 311 g/mol. The molecule has 1 aromatic carbocycles. The molecule has 1 aromatic rings. The molecular formula is C14H22BrN3. The molecule has 1 saturated heterocycles. The first-order valence-electron chi connectivity index (χ1n) is 6.57. The van der Waals surface area contributed by atoms with Crippen molar-refractivity contribution in [3.8, 4) is 0 Å². The molecule has 0 aliphatic carbocycles. The number of aryl methyl sites for hydroxylation is 1. The van der Waals surface area contributed by atoms with Gasteiger partial charge in [0.15, 0.2) is 0 Å². The number of nitrogens with one attached hydrogen (secondary N) is 2. The van der Waals surface area contributed by atoms with Crippen molar-refractivity contribution in [2.75, 3.05) is 38.5 Å². The maximum absolute atomic E-state index is 3.57. The minimum Gasteiger partial charge on any atom is -0.385 e. The molecule has 18 heavy (non-hydrogen) atoms. The Labute approximate surface area is 118 Å². The van der Waals surface area contributed by atoms with Crippen molar-refractivity contribution < 1.29 is 0 Å². The van der Waals surface area contributed by atoms with Gasteiger partial charge in [0.1, 0.15) is 0 Å². The van der Waals surface area contributed by atoms with Gasteiger partial charge < -0.3 is 15.5 Å². The van der Waals surface area contributed by atoms with Crippen LogP contribution in [0.15, 0.2) is 22.7 Å². The van der Waals surface area contributed by atoms with E-state index in [9.17, 15) is 0 Å². The van der Waals surface area contributed by atoms with E-state index in [4.69, 9.17) is 0 Å². The summed E-state index contributed by atoms with van der Waals surface area (Å²) in [6.07, 6.45) is 1.16. The van der Waals surface area contributed by atoms with E-state index in [1.54, 1.807) is 0 Å². The average Bonchev–Trinajstić information content (AvgIpc) is 2.34. The highest BCUT2D eigenvalue weighted by Crippen LogP contribution is 2.20. The fraction of sp³-hybridized carbons (Fsp3) is 0.571. The average molecular weight is 312 g/mol. The highest BCUT2D eigenvalue weighted by atomic mass is 79.9. The van der Waals surface area contributed by atoms with Crippen LogP contribution >= 0.6 is 15.9 Å². The van der Waals surface area contributed by atoms with Crippen LogP contribution < -0.4 is 10.6 Å². The second-order valence-electron chi connectivity index (χ2n) is 5.09. The summed E-state index contributed by atoms with van der Waals surface area (Å²) >= 11 is 3.56. The van der Waals surface area contributed by atoms with Gasteiger partial charge >= 0.3 is 0 Å². The number of nitrogens with zero attached hydrogens (tertiary/aromatic N) is 1. The normalized spacial score (nSPS) is 20.9. The molecular weight excluding hydrogens is 290 g/mol. The molecule has 2 rings (SSSR count). The topological polar surface area (TPSA) is 27.3 Å². The van der Waals surface area contributed by atoms with Crippen molar-refractivity contribution in [3.63, 3.8) is 0 Å². The van der Waals surface area contributed by atoms with Crippen LogP contribution in [0.25, 0.3) is 0 Å². The summed E-state index contributed by atoms with van der Waals surface area (Å²) in [5.74, 6) is 0. The van der Waals surface area contributed by atoms with Crippen LogP contribution in [-0.2, 0) is 0 Å². The minimum absolute atomic E-state index is 0.616. The van der Waals surface area contributed by atoms with E-state index in [1.165, 1.54) is 15.7 Å². The minimum atomic E-state index is 0.616. The molecule has 0 amide bonds. The molecule has 1 fully saturated rings. The van der Waals surface area contributed by atoms with Crippen molar-refractivity contribution in [2.45, 2.75) is 19.4 Å². The summed E-state index contributed by atoms with van der Waals surface area (Å²) in [6, 6.07) is 7.04. The Morgan fingerprint density at radius 3 is 3.06 bits per heavy atom. The van der Waals surface area contributed by atoms with Gasteiger partial charge in [-0.05, 0) is 38.1 Å². The van der Waals surface area contributed by atoms with Gasteiger partial charge in [0, 0.05) is 42.4 Å². The Morgan fingerprint density at radius 2 is 2.33 bits per heavy atom. The quantitative estimate of drug-likeness (QED) is 0.894. The Kier molecular flexibility index (Phi) is 5.03. The van der Waals surface area contributed by atoms with Crippen LogP contribution in [0.3, 0.4) is 0 Å². The molecule has 0 aromatic heterocycles. The van der Waals surface area contributed by atoms with E-state index in [-0.39, 0.29) is 0 Å². The fourth-order valence-electron chi connectivity index (χ4n) is 2.28. The van der Waals surface area contributed by atoms with Crippen molar-refractivity contribution in [3.05, 3.63) is 28.2 Å². The number of anilines is 1. The molecule has 0 radical (unpaired) electrons. The summed E-state index contributed by atoms with van der Waals surface area (Å²) in [5.41, 5.74) is 2.47. The summed E-state index contributed by atoms with van der Waals surface area (Å²) in [7, 11) is 2.19. The lowest BCUT2D eigenvalue weighted by atomic mass is 10.1. The van der Waals surface area contributed by atoms with E-state index < -0.39 is 0 Å². The first kappa shape index (κ1) is 13.8. The second-order valence-corrected chi connectivity index (χ2v) is 5.95. The zero-order valence-electron chi connectivity index (χ0n) is 11.2. The van der Waals surface area contributed by atoms with Crippen molar-refractivity contribution >= 4 is 21.6 Å². The molecule has 0 spiro atoms. The molecule has 3 nitrogen and oxygen atoms in total. The molecule has 0 bridgehead atoms. The third-order valence-corrected chi connectivity index (χ3v) is 4.31. The highest BCUT2D eigenvalue weighted by Gasteiger charge is 2.15. The zero-order chi connectivity index (χ0) is 13.0. The van der Waals surface area contributed by atoms with Gasteiger partial charge in [-0.25, -0.2) is 0 Å². The predicted octanol–water partition coefficient (Wildman–Crippen LogP) is 2.46. The van der Waals surface area contributed by atoms with Crippen molar-refractivity contribution in [1.82, 2.24) is 10.2 Å². The molecule has 100 valence electrons. The van der Waals surface area contributed by atoms with Gasteiger partial charge in [0.2, 0.25) is 0 Å². The van der Waals surface area contributed by atoms with Gasteiger partial charge in [-0.3, -0.25) is 0 Å². The van der Waals surface area contributed by atoms with Crippen LogP contribution in [0.1, 0.15) is 12.0 Å². The predicted molar refractivity (Wildman–Crippen MR) is 81.3 cm³/mol. The van der Waals surface area contributed by atoms with Gasteiger partial charge in [-0.1, -0.05) is 22.0 Å². The summed E-state index contributed by atoms with van der Waals surface area (Å²) < 4.78 is 1.17. The van der Waals surface area contributed by atoms with E-state index in [0.29, 0.717) is 6.04 Å². The lowest BCUT2D eigenvalue weighted by molar-refractivity contribution is 0.234. The first-order chi connectivity index (χ1) is 8.65. The van der Waals surface area contributed by atoms with E-state index in [1.807, 2.05) is 0 Å². The fourth-order valence-corrected chi connectivity index (χ4v) is 2.66. The van der Waals surface area contributed by atoms with Gasteiger partial charge in [-0.2, -0.15) is 0 Å². The van der Waals surface area contributed by atoms with Crippen LogP contribution in [0.2, 0.25) is 0 Å². The summed E-state index contributed by atoms with van der Waals surface area (Å²) in [4.78, 5) is 2.39. The standard InChI is InChI=1S/C14H22BrN3/c1-11-3-4-12(9-14(11)15)16-6-5-13-10-18(2)8-7-17-13/h3-4,9,13,16-17H,5-8,10H2,1-2H3. The second kappa shape index (κ2) is 6.55. The maximum Gasteiger partial charge on any atom is 0.0351 e. The Balaban J connectivity index is 1.76. The van der Waals surface area contributed by atoms with Crippen LogP contribution in [-0.4, -0.2) is 44.2 Å². The third-order valence-electron chi connectivity index (χ3n) is 3.45. The number of piperazine rings is 1. The smallest absolute Gasteiger partial charge is 0.0351 e. The third kappa shape index (κ3) is 3.97. The Morgan fingerprint density at radius 1 is 1.50 bits per heavy atom. The number of halogens is 1. The lowest BCUT2D eigenvalue weighted by Gasteiger charge is -2.31. The number of rotatable bonds is 4. The summed E-state index contributed by atoms with van der Waals surface area (Å²) in [6.45, 7) is 6.54. The van der Waals surface area contributed by atoms with E-state index >= 15 is 0 Å². The molecule has 1 atom stereocenters. The van der Waals surface area contributed by atoms with E-state index in [0.717, 1.165) is 32.6 Å². The molecule has 0 saturated carbocycles. The molecule has 1 heterocycles.